The molecule has 2 aromatic carbocycles. The van der Waals surface area contributed by atoms with Crippen molar-refractivity contribution in [3.8, 4) is 22.6 Å². The van der Waals surface area contributed by atoms with Crippen molar-refractivity contribution in [1.82, 2.24) is 0 Å². The van der Waals surface area contributed by atoms with Crippen LogP contribution < -0.4 is 0 Å². The summed E-state index contributed by atoms with van der Waals surface area (Å²) in [5.74, 6) is 0.795. The second kappa shape index (κ2) is 8.35. The van der Waals surface area contributed by atoms with Crippen molar-refractivity contribution < 1.29 is 13.2 Å². The Hall–Kier alpha value is -1.99. The van der Waals surface area contributed by atoms with Gasteiger partial charge in [-0.05, 0) is 52.0 Å². The van der Waals surface area contributed by atoms with E-state index < -0.39 is 25.5 Å². The Bertz CT molecular complexity index is 851. The van der Waals surface area contributed by atoms with E-state index in [0.717, 1.165) is 12.1 Å². The van der Waals surface area contributed by atoms with Crippen molar-refractivity contribution in [3.63, 3.8) is 0 Å². The highest BCUT2D eigenvalue weighted by atomic mass is 28.3. The van der Waals surface area contributed by atoms with Gasteiger partial charge in [0.15, 0.2) is 11.6 Å². The quantitative estimate of drug-likeness (QED) is 0.380. The molecule has 0 aliphatic heterocycles. The van der Waals surface area contributed by atoms with Crippen LogP contribution in [0.5, 0.6) is 0 Å². The topological polar surface area (TPSA) is 0 Å². The lowest BCUT2D eigenvalue weighted by atomic mass is 10.0. The van der Waals surface area contributed by atoms with Crippen LogP contribution in [0.25, 0.3) is 11.1 Å². The Kier molecular flexibility index (Phi) is 6.59. The summed E-state index contributed by atoms with van der Waals surface area (Å²) in [4.78, 5) is 0. The molecule has 0 radical (unpaired) electrons. The SMILES string of the molecule is CC(C)[Si](C#Cc1ccc(-c2ccc(F)c(F)c2)cc1F)(C(C)C)C(C)C. The van der Waals surface area contributed by atoms with E-state index in [1.165, 1.54) is 12.1 Å². The third kappa shape index (κ3) is 4.30. The van der Waals surface area contributed by atoms with Gasteiger partial charge in [-0.25, -0.2) is 13.2 Å². The van der Waals surface area contributed by atoms with E-state index in [2.05, 4.69) is 53.0 Å². The summed E-state index contributed by atoms with van der Waals surface area (Å²) in [6.07, 6.45) is 0. The number of rotatable bonds is 4. The molecule has 0 N–H and O–H groups in total. The molecule has 0 saturated carbocycles. The van der Waals surface area contributed by atoms with Crippen molar-refractivity contribution in [2.24, 2.45) is 0 Å². The van der Waals surface area contributed by atoms with Gasteiger partial charge in [-0.15, -0.1) is 5.54 Å². The van der Waals surface area contributed by atoms with Crippen molar-refractivity contribution in [2.75, 3.05) is 0 Å². The van der Waals surface area contributed by atoms with Crippen LogP contribution >= 0.6 is 0 Å². The largest absolute Gasteiger partial charge is 0.206 e. The van der Waals surface area contributed by atoms with Crippen LogP contribution in [0.15, 0.2) is 36.4 Å². The average Bonchev–Trinajstić information content (AvgIpc) is 2.58. The molecule has 0 spiro atoms. The highest BCUT2D eigenvalue weighted by molar-refractivity contribution is 6.90. The summed E-state index contributed by atoms with van der Waals surface area (Å²) in [5, 5.41) is 0. The molecular weight excluding hydrogens is 361 g/mol. The Labute approximate surface area is 161 Å². The molecule has 144 valence electrons. The van der Waals surface area contributed by atoms with E-state index in [4.69, 9.17) is 0 Å². The number of benzene rings is 2. The van der Waals surface area contributed by atoms with Crippen LogP contribution in [0, 0.1) is 28.9 Å². The molecule has 27 heavy (non-hydrogen) atoms. The molecule has 0 aliphatic rings. The molecule has 0 aromatic heterocycles. The summed E-state index contributed by atoms with van der Waals surface area (Å²) >= 11 is 0. The zero-order chi connectivity index (χ0) is 20.4. The first kappa shape index (κ1) is 21.3. The normalized spacial score (nSPS) is 11.9. The number of hydrogen-bond acceptors (Lipinski definition) is 0. The molecule has 0 heterocycles. The summed E-state index contributed by atoms with van der Waals surface area (Å²) in [5.41, 5.74) is 6.18. The van der Waals surface area contributed by atoms with E-state index >= 15 is 0 Å². The van der Waals surface area contributed by atoms with Crippen molar-refractivity contribution in [1.29, 1.82) is 0 Å². The predicted octanol–water partition coefficient (Wildman–Crippen LogP) is 7.34. The fraction of sp³-hybridized carbons (Fsp3) is 0.391. The first-order valence-electron chi connectivity index (χ1n) is 9.37. The smallest absolute Gasteiger partial charge is 0.159 e. The van der Waals surface area contributed by atoms with Gasteiger partial charge in [0.05, 0.1) is 5.56 Å². The number of halogens is 3. The average molecular weight is 389 g/mol. The molecule has 0 aliphatic carbocycles. The molecule has 0 nitrogen and oxygen atoms in total. The summed E-state index contributed by atoms with van der Waals surface area (Å²) in [7, 11) is -1.94. The third-order valence-electron chi connectivity index (χ3n) is 5.50. The second-order valence-corrected chi connectivity index (χ2v) is 13.6. The standard InChI is InChI=1S/C23H27F3Si/c1-15(2)27(16(3)4,17(5)6)12-11-18-7-8-19(13-22(18)25)20-9-10-21(24)23(26)14-20/h7-10,13-17H,1-6H3. The van der Waals surface area contributed by atoms with Crippen LogP contribution in [0.1, 0.15) is 47.1 Å². The van der Waals surface area contributed by atoms with Crippen LogP contribution in [0.3, 0.4) is 0 Å². The second-order valence-electron chi connectivity index (χ2n) is 7.97. The van der Waals surface area contributed by atoms with E-state index in [-0.39, 0.29) is 0 Å². The molecule has 0 saturated heterocycles. The number of hydrogen-bond donors (Lipinski definition) is 0. The molecule has 4 heteroatoms. The molecule has 0 unspecified atom stereocenters. The summed E-state index contributed by atoms with van der Waals surface area (Å²) < 4.78 is 41.2. The highest BCUT2D eigenvalue weighted by Crippen LogP contribution is 2.40. The first-order chi connectivity index (χ1) is 12.6. The Morgan fingerprint density at radius 3 is 1.59 bits per heavy atom. The Balaban J connectivity index is 2.44. The lowest BCUT2D eigenvalue weighted by Gasteiger charge is -2.38. The maximum absolute atomic E-state index is 14.6. The van der Waals surface area contributed by atoms with E-state index in [1.807, 2.05) is 0 Å². The summed E-state index contributed by atoms with van der Waals surface area (Å²) in [6.45, 7) is 13.3. The minimum Gasteiger partial charge on any atom is -0.206 e. The maximum Gasteiger partial charge on any atom is 0.159 e. The van der Waals surface area contributed by atoms with Gasteiger partial charge in [0.25, 0.3) is 0 Å². The monoisotopic (exact) mass is 388 g/mol. The van der Waals surface area contributed by atoms with E-state index in [0.29, 0.717) is 33.3 Å². The molecule has 0 bridgehead atoms. The van der Waals surface area contributed by atoms with Crippen LogP contribution in [0.2, 0.25) is 16.6 Å². The fourth-order valence-corrected chi connectivity index (χ4v) is 9.30. The zero-order valence-electron chi connectivity index (χ0n) is 16.8. The van der Waals surface area contributed by atoms with Gasteiger partial charge in [-0.2, -0.15) is 0 Å². The molecule has 0 atom stereocenters. The molecule has 2 aromatic rings. The van der Waals surface area contributed by atoms with E-state index in [9.17, 15) is 13.2 Å². The zero-order valence-corrected chi connectivity index (χ0v) is 17.8. The lowest BCUT2D eigenvalue weighted by molar-refractivity contribution is 0.509. The fourth-order valence-electron chi connectivity index (χ4n) is 4.08. The summed E-state index contributed by atoms with van der Waals surface area (Å²) in [6, 6.07) is 8.21. The minimum absolute atomic E-state index is 0.347. The van der Waals surface area contributed by atoms with Gasteiger partial charge < -0.3 is 0 Å². The predicted molar refractivity (Wildman–Crippen MR) is 110 cm³/mol. The van der Waals surface area contributed by atoms with Crippen molar-refractivity contribution in [2.45, 2.75) is 58.2 Å². The minimum atomic E-state index is -1.94. The van der Waals surface area contributed by atoms with Gasteiger partial charge in [0, 0.05) is 0 Å². The van der Waals surface area contributed by atoms with E-state index in [1.54, 1.807) is 12.1 Å². The van der Waals surface area contributed by atoms with Gasteiger partial charge in [0.2, 0.25) is 0 Å². The highest BCUT2D eigenvalue weighted by Gasteiger charge is 2.41. The maximum atomic E-state index is 14.6. The molecule has 2 rings (SSSR count). The van der Waals surface area contributed by atoms with Crippen molar-refractivity contribution >= 4 is 8.07 Å². The Morgan fingerprint density at radius 2 is 1.15 bits per heavy atom. The van der Waals surface area contributed by atoms with Gasteiger partial charge in [-0.1, -0.05) is 59.6 Å². The third-order valence-corrected chi connectivity index (χ3v) is 11.8. The van der Waals surface area contributed by atoms with Crippen molar-refractivity contribution in [3.05, 3.63) is 59.4 Å². The molecule has 0 fully saturated rings. The Morgan fingerprint density at radius 1 is 0.667 bits per heavy atom. The first-order valence-corrected chi connectivity index (χ1v) is 11.6. The van der Waals surface area contributed by atoms with Gasteiger partial charge in [-0.3, -0.25) is 0 Å². The lowest BCUT2D eigenvalue weighted by Crippen LogP contribution is -2.43. The van der Waals surface area contributed by atoms with Gasteiger partial charge in [0.1, 0.15) is 13.9 Å². The molecular formula is C23H27F3Si. The van der Waals surface area contributed by atoms with Gasteiger partial charge >= 0.3 is 0 Å². The van der Waals surface area contributed by atoms with Crippen LogP contribution in [-0.2, 0) is 0 Å². The van der Waals surface area contributed by atoms with Crippen LogP contribution in [0.4, 0.5) is 13.2 Å². The molecule has 0 amide bonds. The van der Waals surface area contributed by atoms with Crippen LogP contribution in [-0.4, -0.2) is 8.07 Å².